The normalized spacial score (nSPS) is 11.3. The fourth-order valence-electron chi connectivity index (χ4n) is 4.79. The van der Waals surface area contributed by atoms with Gasteiger partial charge in [0.15, 0.2) is 5.82 Å². The van der Waals surface area contributed by atoms with Crippen molar-refractivity contribution >= 4 is 0 Å². The molecule has 0 bridgehead atoms. The maximum atomic E-state index is 14.6. The van der Waals surface area contributed by atoms with Gasteiger partial charge in [-0.1, -0.05) is 36.4 Å². The number of halogens is 2. The molecule has 2 aliphatic rings. The van der Waals surface area contributed by atoms with E-state index >= 15 is 0 Å². The van der Waals surface area contributed by atoms with Crippen molar-refractivity contribution in [3.63, 3.8) is 0 Å². The molecule has 4 aromatic rings. The highest BCUT2D eigenvalue weighted by Crippen LogP contribution is 2.32. The van der Waals surface area contributed by atoms with Crippen molar-refractivity contribution < 1.29 is 13.5 Å². The number of nitrogens with zero attached hydrogens (tertiary/aromatic N) is 4. The van der Waals surface area contributed by atoms with Crippen LogP contribution in [0.3, 0.4) is 0 Å². The van der Waals surface area contributed by atoms with Crippen molar-refractivity contribution in [3.8, 4) is 39.7 Å². The zero-order valence-electron chi connectivity index (χ0n) is 22.1. The Bertz CT molecular complexity index is 1710. The molecule has 7 heteroatoms. The van der Waals surface area contributed by atoms with Crippen LogP contribution in [0.2, 0.25) is 0 Å². The summed E-state index contributed by atoms with van der Waals surface area (Å²) in [5, 5.41) is 0. The number of hydrogen-bond donors (Lipinski definition) is 0. The summed E-state index contributed by atoms with van der Waals surface area (Å²) in [7, 11) is 0. The number of hydrogen-bond acceptors (Lipinski definition) is 3. The molecule has 3 heterocycles. The van der Waals surface area contributed by atoms with Crippen LogP contribution in [0.25, 0.3) is 33.9 Å². The molecule has 0 unspecified atom stereocenters. The Kier molecular flexibility index (Phi) is 7.10. The number of ether oxygens (including phenoxy) is 1. The first-order chi connectivity index (χ1) is 19.5. The molecule has 0 aliphatic carbocycles. The number of aryl methyl sites for hydroxylation is 2. The van der Waals surface area contributed by atoms with Crippen molar-refractivity contribution in [2.75, 3.05) is 6.61 Å². The minimum atomic E-state index is -0.323. The Balaban J connectivity index is 1.16. The quantitative estimate of drug-likeness (QED) is 0.179. The molecule has 200 valence electrons. The number of fused-ring (bicyclic) bond motifs is 1. The summed E-state index contributed by atoms with van der Waals surface area (Å²) in [4.78, 5) is 9.11. The number of pyridine rings is 1. The first-order valence-electron chi connectivity index (χ1n) is 13.2. The van der Waals surface area contributed by atoms with Gasteiger partial charge in [-0.3, -0.25) is 0 Å². The van der Waals surface area contributed by atoms with Crippen LogP contribution in [-0.2, 0) is 13.1 Å². The average molecular weight is 535 g/mol. The van der Waals surface area contributed by atoms with Crippen LogP contribution in [0.5, 0.6) is 5.75 Å². The molecule has 2 aliphatic heterocycles. The topological polar surface area (TPSA) is 44.9 Å². The second-order valence-corrected chi connectivity index (χ2v) is 9.83. The third-order valence-corrected chi connectivity index (χ3v) is 6.92. The van der Waals surface area contributed by atoms with Gasteiger partial charge in [0.1, 0.15) is 23.1 Å². The molecule has 0 saturated heterocycles. The highest BCUT2D eigenvalue weighted by molar-refractivity contribution is 5.71. The van der Waals surface area contributed by atoms with E-state index in [4.69, 9.17) is 4.74 Å². The Morgan fingerprint density at radius 1 is 0.775 bits per heavy atom. The van der Waals surface area contributed by atoms with Crippen LogP contribution in [0.15, 0.2) is 104 Å². The average Bonchev–Trinajstić information content (AvgIpc) is 3.63. The molecule has 40 heavy (non-hydrogen) atoms. The second kappa shape index (κ2) is 11.1. The van der Waals surface area contributed by atoms with Gasteiger partial charge in [-0.15, -0.1) is 0 Å². The molecule has 0 amide bonds. The standard InChI is InChI=1S/C33H28F2N4O/c1-23-6-4-7-28(32(23)35)33-36-29-14-18-39(22-30(29)37-33)21-24-8-10-25(11-9-24)27-13-12-26(34)20-31(27)40-19-5-17-38-15-2-3-16-38/h2-4,6-16,18,20,22H,5,17,19,21H2,1H3. The minimum Gasteiger partial charge on any atom is -0.493 e. The second-order valence-electron chi connectivity index (χ2n) is 9.83. The van der Waals surface area contributed by atoms with Gasteiger partial charge in [0.2, 0.25) is 0 Å². The first kappa shape index (κ1) is 25.5. The predicted octanol–water partition coefficient (Wildman–Crippen LogP) is 7.62. The summed E-state index contributed by atoms with van der Waals surface area (Å²) in [6.07, 6.45) is 8.72. The lowest BCUT2D eigenvalue weighted by Gasteiger charge is -2.13. The van der Waals surface area contributed by atoms with E-state index in [-0.39, 0.29) is 11.6 Å². The molecule has 0 N–H and O–H groups in total. The van der Waals surface area contributed by atoms with Crippen LogP contribution in [0.1, 0.15) is 17.5 Å². The third-order valence-electron chi connectivity index (χ3n) is 6.92. The van der Waals surface area contributed by atoms with Crippen LogP contribution < -0.4 is 4.74 Å². The molecular weight excluding hydrogens is 506 g/mol. The predicted molar refractivity (Wildman–Crippen MR) is 152 cm³/mol. The Hall–Kier alpha value is -4.78. The summed E-state index contributed by atoms with van der Waals surface area (Å²) in [6, 6.07) is 23.9. The molecule has 5 nitrogen and oxygen atoms in total. The molecule has 6 rings (SSSR count). The molecule has 0 saturated carbocycles. The molecule has 1 aromatic heterocycles. The van der Waals surface area contributed by atoms with Gasteiger partial charge in [0, 0.05) is 49.5 Å². The van der Waals surface area contributed by atoms with E-state index in [1.165, 1.54) is 12.1 Å². The summed E-state index contributed by atoms with van der Waals surface area (Å²) < 4.78 is 38.7. The van der Waals surface area contributed by atoms with Gasteiger partial charge in [0.25, 0.3) is 0 Å². The SMILES string of the molecule is Cc1cccc(-c2nc3ccn(Cc4ccc(-c5ccc(F)cc5OCCCn5cccc5)cc4)cc-3n2)c1F. The fraction of sp³-hybridized carbons (Fsp3) is 0.152. The summed E-state index contributed by atoms with van der Waals surface area (Å²) in [5.41, 5.74) is 5.30. The van der Waals surface area contributed by atoms with Crippen molar-refractivity contribution in [1.29, 1.82) is 0 Å². The van der Waals surface area contributed by atoms with Gasteiger partial charge in [0.05, 0.1) is 17.9 Å². The van der Waals surface area contributed by atoms with E-state index in [1.54, 1.807) is 25.1 Å². The zero-order valence-corrected chi connectivity index (χ0v) is 22.1. The Labute approximate surface area is 231 Å². The van der Waals surface area contributed by atoms with E-state index in [0.717, 1.165) is 35.3 Å². The van der Waals surface area contributed by atoms with E-state index < -0.39 is 0 Å². The van der Waals surface area contributed by atoms with Crippen molar-refractivity contribution in [1.82, 2.24) is 19.1 Å². The van der Waals surface area contributed by atoms with Gasteiger partial charge in [-0.25, -0.2) is 18.7 Å². The van der Waals surface area contributed by atoms with Gasteiger partial charge in [-0.2, -0.15) is 0 Å². The minimum absolute atomic E-state index is 0.294. The molecule has 3 aromatic carbocycles. The largest absolute Gasteiger partial charge is 0.493 e. The lowest BCUT2D eigenvalue weighted by atomic mass is 10.0. The molecule has 0 spiro atoms. The highest BCUT2D eigenvalue weighted by atomic mass is 19.1. The molecule has 0 atom stereocenters. The summed E-state index contributed by atoms with van der Waals surface area (Å²) in [6.45, 7) is 3.70. The van der Waals surface area contributed by atoms with E-state index in [9.17, 15) is 8.78 Å². The summed E-state index contributed by atoms with van der Waals surface area (Å²) in [5.74, 6) is 0.310. The van der Waals surface area contributed by atoms with E-state index in [1.807, 2.05) is 65.8 Å². The monoisotopic (exact) mass is 534 g/mol. The number of imidazole rings is 1. The van der Waals surface area contributed by atoms with Crippen LogP contribution in [0, 0.1) is 18.6 Å². The van der Waals surface area contributed by atoms with Crippen molar-refractivity contribution in [2.24, 2.45) is 0 Å². The van der Waals surface area contributed by atoms with Crippen molar-refractivity contribution in [3.05, 3.63) is 126 Å². The molecule has 0 radical (unpaired) electrons. The highest BCUT2D eigenvalue weighted by Gasteiger charge is 2.16. The zero-order chi connectivity index (χ0) is 27.5. The van der Waals surface area contributed by atoms with Crippen molar-refractivity contribution in [2.45, 2.75) is 26.4 Å². The van der Waals surface area contributed by atoms with Crippen LogP contribution in [0.4, 0.5) is 8.78 Å². The van der Waals surface area contributed by atoms with Gasteiger partial charge in [-0.05, 0) is 66.4 Å². The number of benzene rings is 3. The van der Waals surface area contributed by atoms with E-state index in [0.29, 0.717) is 41.5 Å². The van der Waals surface area contributed by atoms with Crippen LogP contribution >= 0.6 is 0 Å². The molecular formula is C33H28F2N4O. The lowest BCUT2D eigenvalue weighted by Crippen LogP contribution is -2.04. The Morgan fingerprint density at radius 2 is 1.57 bits per heavy atom. The maximum absolute atomic E-state index is 14.6. The van der Waals surface area contributed by atoms with Crippen LogP contribution in [-0.4, -0.2) is 25.7 Å². The van der Waals surface area contributed by atoms with Gasteiger partial charge < -0.3 is 13.9 Å². The molecule has 0 fully saturated rings. The van der Waals surface area contributed by atoms with E-state index in [2.05, 4.69) is 26.7 Å². The lowest BCUT2D eigenvalue weighted by molar-refractivity contribution is 0.301. The smallest absolute Gasteiger partial charge is 0.163 e. The summed E-state index contributed by atoms with van der Waals surface area (Å²) >= 11 is 0. The van der Waals surface area contributed by atoms with Gasteiger partial charge >= 0.3 is 0 Å². The Morgan fingerprint density at radius 3 is 2.40 bits per heavy atom. The number of rotatable bonds is 9. The third kappa shape index (κ3) is 5.50. The first-order valence-corrected chi connectivity index (χ1v) is 13.2. The fourth-order valence-corrected chi connectivity index (χ4v) is 4.79. The number of aromatic nitrogens is 4. The maximum Gasteiger partial charge on any atom is 0.163 e.